The molecular formula is C30H43N5O3S. The Morgan fingerprint density at radius 2 is 2.05 bits per heavy atom. The van der Waals surface area contributed by atoms with E-state index in [1.165, 1.54) is 31.0 Å². The Kier molecular flexibility index (Phi) is 14.2. The van der Waals surface area contributed by atoms with E-state index < -0.39 is 0 Å². The average molecular weight is 554 g/mol. The van der Waals surface area contributed by atoms with E-state index in [9.17, 15) is 4.79 Å². The summed E-state index contributed by atoms with van der Waals surface area (Å²) in [7, 11) is 0. The smallest absolute Gasteiger partial charge is 0.229 e. The molecule has 2 heterocycles. The number of aromatic nitrogens is 2. The second-order valence-corrected chi connectivity index (χ2v) is 10.7. The maximum atomic E-state index is 13.0. The topological polar surface area (TPSA) is 88.9 Å². The van der Waals surface area contributed by atoms with Crippen LogP contribution in [0.4, 0.5) is 0 Å². The van der Waals surface area contributed by atoms with E-state index in [4.69, 9.17) is 9.47 Å². The number of carbonyl (C=O) groups is 1. The Morgan fingerprint density at radius 1 is 1.28 bits per heavy atom. The second kappa shape index (κ2) is 17.9. The molecule has 1 aliphatic carbocycles. The number of hydrogen-bond donors (Lipinski definition) is 1. The molecule has 2 aliphatic rings. The number of rotatable bonds is 14. The molecule has 8 nitrogen and oxygen atoms in total. The molecule has 0 aromatic carbocycles. The van der Waals surface area contributed by atoms with E-state index in [0.29, 0.717) is 35.1 Å². The van der Waals surface area contributed by atoms with Gasteiger partial charge in [0.2, 0.25) is 5.91 Å². The fraction of sp³-hybridized carbons (Fsp3) is 0.567. The van der Waals surface area contributed by atoms with Gasteiger partial charge in [-0.05, 0) is 32.3 Å². The van der Waals surface area contributed by atoms with E-state index in [1.54, 1.807) is 12.4 Å². The van der Waals surface area contributed by atoms with Crippen molar-refractivity contribution in [3.8, 4) is 0 Å². The fourth-order valence-corrected chi connectivity index (χ4v) is 5.07. The molecule has 1 aromatic heterocycles. The molecule has 3 rings (SSSR count). The van der Waals surface area contributed by atoms with E-state index in [-0.39, 0.29) is 11.8 Å². The van der Waals surface area contributed by atoms with Crippen molar-refractivity contribution in [1.82, 2.24) is 20.2 Å². The van der Waals surface area contributed by atoms with Crippen molar-refractivity contribution in [3.05, 3.63) is 60.0 Å². The minimum absolute atomic E-state index is 0.00745. The maximum absolute atomic E-state index is 13.0. The zero-order valence-electron chi connectivity index (χ0n) is 23.4. The lowest BCUT2D eigenvalue weighted by Gasteiger charge is -2.43. The number of carbonyl (C=O) groups excluding carboxylic acids is 1. The third-order valence-electron chi connectivity index (χ3n) is 6.73. The van der Waals surface area contributed by atoms with Gasteiger partial charge in [0.1, 0.15) is 12.3 Å². The summed E-state index contributed by atoms with van der Waals surface area (Å²) in [5.41, 5.74) is 4.32. The molecule has 0 unspecified atom stereocenters. The number of allylic oxidation sites excluding steroid dienone is 2. The molecule has 1 N–H and O–H groups in total. The van der Waals surface area contributed by atoms with Crippen LogP contribution in [0.1, 0.15) is 63.8 Å². The molecule has 9 heteroatoms. The van der Waals surface area contributed by atoms with Gasteiger partial charge in [0.15, 0.2) is 11.0 Å². The van der Waals surface area contributed by atoms with Crippen LogP contribution in [0.5, 0.6) is 0 Å². The molecule has 212 valence electrons. The lowest BCUT2D eigenvalue weighted by molar-refractivity contribution is -0.129. The lowest BCUT2D eigenvalue weighted by atomic mass is 9.78. The van der Waals surface area contributed by atoms with Crippen LogP contribution >= 0.6 is 11.8 Å². The molecule has 1 saturated carbocycles. The minimum atomic E-state index is 0.00745. The quantitative estimate of drug-likeness (QED) is 0.112. The molecule has 1 amide bonds. The number of hydrogen-bond acceptors (Lipinski definition) is 8. The largest absolute Gasteiger partial charge is 0.379 e. The molecule has 0 radical (unpaired) electrons. The number of amidine groups is 1. The fourth-order valence-electron chi connectivity index (χ4n) is 4.38. The number of nitrogens with zero attached hydrogens (tertiary/aromatic N) is 4. The van der Waals surface area contributed by atoms with Gasteiger partial charge in [0.05, 0.1) is 13.2 Å². The van der Waals surface area contributed by atoms with Crippen LogP contribution in [0.2, 0.25) is 0 Å². The van der Waals surface area contributed by atoms with E-state index in [1.807, 2.05) is 31.2 Å². The highest BCUT2D eigenvalue weighted by molar-refractivity contribution is 8.14. The Hall–Kier alpha value is -2.55. The van der Waals surface area contributed by atoms with Crippen molar-refractivity contribution in [3.63, 3.8) is 0 Å². The Labute approximate surface area is 237 Å². The Morgan fingerprint density at radius 3 is 2.74 bits per heavy atom. The monoisotopic (exact) mass is 553 g/mol. The predicted molar refractivity (Wildman–Crippen MR) is 159 cm³/mol. The summed E-state index contributed by atoms with van der Waals surface area (Å²) >= 11 is 1.46. The summed E-state index contributed by atoms with van der Waals surface area (Å²) in [6.07, 6.45) is 17.8. The first-order valence-corrected chi connectivity index (χ1v) is 15.0. The van der Waals surface area contributed by atoms with Gasteiger partial charge in [-0.15, -0.1) is 5.73 Å². The number of ether oxygens (including phenoxy) is 2. The van der Waals surface area contributed by atoms with Gasteiger partial charge in [-0.2, -0.15) is 0 Å². The summed E-state index contributed by atoms with van der Waals surface area (Å²) in [4.78, 5) is 28.8. The van der Waals surface area contributed by atoms with E-state index >= 15 is 0 Å². The van der Waals surface area contributed by atoms with Gasteiger partial charge in [0.25, 0.3) is 0 Å². The Balaban J connectivity index is 1.47. The van der Waals surface area contributed by atoms with Crippen molar-refractivity contribution in [2.24, 2.45) is 10.9 Å². The first-order chi connectivity index (χ1) is 19.1. The summed E-state index contributed by atoms with van der Waals surface area (Å²) in [5.74, 6) is 1.35. The van der Waals surface area contributed by atoms with Crippen molar-refractivity contribution in [1.29, 1.82) is 0 Å². The number of nitrogens with one attached hydrogen (secondary N) is 1. The molecule has 1 aliphatic heterocycles. The highest BCUT2D eigenvalue weighted by Gasteiger charge is 2.38. The van der Waals surface area contributed by atoms with Crippen LogP contribution < -0.4 is 5.32 Å². The zero-order chi connectivity index (χ0) is 27.7. The van der Waals surface area contributed by atoms with Crippen LogP contribution in [0.3, 0.4) is 0 Å². The SMILES string of the molecule is C=C=C(/C=C\C)N=C(NC(=O)C1CC(N2CCOCC2)C1)SC/C=C/c1cnc(COCCCCCC)nc1. The summed E-state index contributed by atoms with van der Waals surface area (Å²) in [5, 5.41) is 3.59. The standard InChI is InChI=1S/C30H43N5O3S/c1-4-7-8-9-15-38-23-28-31-21-24(22-32-28)12-10-18-39-30(33-26(6-3)11-5-2)34-29(36)25-19-27(20-25)35-13-16-37-17-14-35/h5,10-12,21-22,25,27H,3-4,7-9,13-20,23H2,1-2H3,(H,33,34,36)/b11-5-,12-10+. The number of aliphatic imine (C=N–C) groups is 1. The lowest BCUT2D eigenvalue weighted by Crippen LogP contribution is -2.53. The van der Waals surface area contributed by atoms with Crippen molar-refractivity contribution in [2.75, 3.05) is 38.7 Å². The molecule has 0 spiro atoms. The number of thioether (sulfide) groups is 1. The summed E-state index contributed by atoms with van der Waals surface area (Å²) in [6.45, 7) is 12.5. The minimum Gasteiger partial charge on any atom is -0.379 e. The van der Waals surface area contributed by atoms with E-state index in [2.05, 4.69) is 44.4 Å². The van der Waals surface area contributed by atoms with Gasteiger partial charge < -0.3 is 14.8 Å². The van der Waals surface area contributed by atoms with Gasteiger partial charge in [0, 0.05) is 55.4 Å². The third-order valence-corrected chi connectivity index (χ3v) is 7.55. The molecule has 0 atom stereocenters. The molecular weight excluding hydrogens is 510 g/mol. The number of morpholine rings is 1. The molecule has 0 bridgehead atoms. The highest BCUT2D eigenvalue weighted by atomic mass is 32.2. The normalized spacial score (nSPS) is 20.2. The van der Waals surface area contributed by atoms with Gasteiger partial charge >= 0.3 is 0 Å². The van der Waals surface area contributed by atoms with Gasteiger partial charge in [-0.25, -0.2) is 15.0 Å². The number of amides is 1. The van der Waals surface area contributed by atoms with Gasteiger partial charge in [-0.1, -0.05) is 62.8 Å². The second-order valence-electron chi connectivity index (χ2n) is 9.70. The van der Waals surface area contributed by atoms with Crippen LogP contribution in [0.25, 0.3) is 6.08 Å². The van der Waals surface area contributed by atoms with Crippen LogP contribution in [0, 0.1) is 5.92 Å². The van der Waals surface area contributed by atoms with Crippen molar-refractivity contribution in [2.45, 2.75) is 65.0 Å². The third kappa shape index (κ3) is 11.2. The van der Waals surface area contributed by atoms with Gasteiger partial charge in [-0.3, -0.25) is 9.69 Å². The first-order valence-electron chi connectivity index (χ1n) is 14.0. The van der Waals surface area contributed by atoms with Crippen LogP contribution in [0.15, 0.2) is 53.6 Å². The molecule has 2 fully saturated rings. The predicted octanol–water partition coefficient (Wildman–Crippen LogP) is 5.15. The average Bonchev–Trinajstić information content (AvgIpc) is 2.93. The summed E-state index contributed by atoms with van der Waals surface area (Å²) < 4.78 is 11.1. The van der Waals surface area contributed by atoms with Crippen molar-refractivity contribution < 1.29 is 14.3 Å². The first kappa shape index (κ1) is 31.0. The Bertz CT molecular complexity index is 1020. The molecule has 1 aromatic rings. The summed E-state index contributed by atoms with van der Waals surface area (Å²) in [6, 6.07) is 0.471. The van der Waals surface area contributed by atoms with Crippen LogP contribution in [-0.4, -0.2) is 70.6 Å². The van der Waals surface area contributed by atoms with Crippen molar-refractivity contribution >= 4 is 28.9 Å². The molecule has 39 heavy (non-hydrogen) atoms. The maximum Gasteiger partial charge on any atom is 0.229 e. The van der Waals surface area contributed by atoms with E-state index in [0.717, 1.165) is 57.7 Å². The van der Waals surface area contributed by atoms with Crippen LogP contribution in [-0.2, 0) is 20.9 Å². The highest BCUT2D eigenvalue weighted by Crippen LogP contribution is 2.32. The number of unbranched alkanes of at least 4 members (excludes halogenated alkanes) is 3. The molecule has 1 saturated heterocycles. The zero-order valence-corrected chi connectivity index (χ0v) is 24.3.